The molecule has 0 spiro atoms. The molecule has 224 valence electrons. The molecule has 9 heteroatoms. The lowest BCUT2D eigenvalue weighted by Crippen LogP contribution is -2.52. The number of aliphatic hydroxyl groups is 2. The molecule has 0 radical (unpaired) electrons. The van der Waals surface area contributed by atoms with E-state index in [1.807, 2.05) is 48.5 Å². The van der Waals surface area contributed by atoms with Gasteiger partial charge in [-0.15, -0.1) is 0 Å². The summed E-state index contributed by atoms with van der Waals surface area (Å²) < 4.78 is 48.4. The van der Waals surface area contributed by atoms with Crippen LogP contribution in [0.1, 0.15) is 50.3 Å². The van der Waals surface area contributed by atoms with Gasteiger partial charge in [-0.05, 0) is 93.1 Å². The second kappa shape index (κ2) is 11.5. The summed E-state index contributed by atoms with van der Waals surface area (Å²) in [6, 6.07) is 22.1. The molecular formula is C33H39NO6S2. The first-order valence-electron chi connectivity index (χ1n) is 13.8. The van der Waals surface area contributed by atoms with Gasteiger partial charge >= 0.3 is 0 Å². The van der Waals surface area contributed by atoms with Crippen molar-refractivity contribution in [3.8, 4) is 11.1 Å². The van der Waals surface area contributed by atoms with E-state index in [9.17, 15) is 27.0 Å². The van der Waals surface area contributed by atoms with Gasteiger partial charge in [-0.3, -0.25) is 4.98 Å². The van der Waals surface area contributed by atoms with Crippen LogP contribution in [0.2, 0.25) is 0 Å². The van der Waals surface area contributed by atoms with Gasteiger partial charge in [-0.2, -0.15) is 0 Å². The van der Waals surface area contributed by atoms with Crippen LogP contribution in [-0.2, 0) is 32.5 Å². The highest BCUT2D eigenvalue weighted by atomic mass is 32.2. The Balaban J connectivity index is 1.79. The summed E-state index contributed by atoms with van der Waals surface area (Å²) in [5.41, 5.74) is 2.01. The molecule has 4 aromatic rings. The Hall–Kier alpha value is -3.11. The van der Waals surface area contributed by atoms with Crippen molar-refractivity contribution in [3.63, 3.8) is 0 Å². The van der Waals surface area contributed by atoms with Crippen LogP contribution in [0.25, 0.3) is 22.0 Å². The molecule has 0 aliphatic carbocycles. The lowest BCUT2D eigenvalue weighted by atomic mass is 9.71. The van der Waals surface area contributed by atoms with E-state index in [-0.39, 0.29) is 4.90 Å². The lowest BCUT2D eigenvalue weighted by molar-refractivity contribution is -0.134. The maximum absolute atomic E-state index is 12.2. The smallest absolute Gasteiger partial charge is 0.175 e. The Bertz CT molecular complexity index is 1810. The normalized spacial score (nSPS) is 15.7. The average molecular weight is 610 g/mol. The molecule has 0 fully saturated rings. The zero-order valence-electron chi connectivity index (χ0n) is 24.9. The van der Waals surface area contributed by atoms with Crippen LogP contribution in [-0.4, -0.2) is 61.0 Å². The molecule has 3 aromatic carbocycles. The summed E-state index contributed by atoms with van der Waals surface area (Å²) in [4.78, 5) is 4.80. The maximum atomic E-state index is 12.2. The van der Waals surface area contributed by atoms with Crippen LogP contribution in [0.3, 0.4) is 0 Å². The van der Waals surface area contributed by atoms with E-state index in [4.69, 9.17) is 0 Å². The van der Waals surface area contributed by atoms with Crippen molar-refractivity contribution in [2.24, 2.45) is 0 Å². The summed E-state index contributed by atoms with van der Waals surface area (Å²) in [7, 11) is -6.60. The van der Waals surface area contributed by atoms with Crippen molar-refractivity contribution in [2.75, 3.05) is 12.5 Å². The van der Waals surface area contributed by atoms with Gasteiger partial charge in [-0.1, -0.05) is 42.5 Å². The van der Waals surface area contributed by atoms with E-state index in [0.29, 0.717) is 18.4 Å². The number of fused-ring (bicyclic) bond motifs is 1. The maximum Gasteiger partial charge on any atom is 0.175 e. The third kappa shape index (κ3) is 6.92. The van der Waals surface area contributed by atoms with Crippen LogP contribution in [0.4, 0.5) is 0 Å². The van der Waals surface area contributed by atoms with E-state index in [1.165, 1.54) is 18.4 Å². The van der Waals surface area contributed by atoms with E-state index in [2.05, 4.69) is 4.98 Å². The Morgan fingerprint density at radius 3 is 2.07 bits per heavy atom. The molecule has 7 nitrogen and oxygen atoms in total. The topological polar surface area (TPSA) is 122 Å². The zero-order chi connectivity index (χ0) is 31.1. The standard InChI is InChI=1S/C33H39NO6S2/c1-22(41(5,37)38)17-24-19-27-11-8-16-34-31(27)29(20-24)26-10-7-9-23(18-26)21-30(33(4,36)32(2,3)35)25-12-14-28(15-13-25)42(6,39)40/h7-16,18-20,22,30,35-36H,17,21H2,1-6H3. The fourth-order valence-corrected chi connectivity index (χ4v) is 6.32. The third-order valence-electron chi connectivity index (χ3n) is 8.32. The second-order valence-corrected chi connectivity index (χ2v) is 16.5. The highest BCUT2D eigenvalue weighted by Crippen LogP contribution is 2.40. The SMILES string of the molecule is CC(Cc1cc(-c2cccc(CC(c3ccc(S(C)(=O)=O)cc3)C(C)(O)C(C)(C)O)c2)c2ncccc2c1)S(C)(=O)=O. The number of hydrogen-bond acceptors (Lipinski definition) is 7. The first-order valence-corrected chi connectivity index (χ1v) is 17.6. The number of rotatable bonds is 10. The quantitative estimate of drug-likeness (QED) is 0.256. The second-order valence-electron chi connectivity index (χ2n) is 12.1. The predicted octanol–water partition coefficient (Wildman–Crippen LogP) is 5.13. The lowest BCUT2D eigenvalue weighted by Gasteiger charge is -2.42. The molecule has 0 bridgehead atoms. The molecule has 2 N–H and O–H groups in total. The molecule has 0 aliphatic rings. The van der Waals surface area contributed by atoms with Gasteiger partial charge in [0.2, 0.25) is 0 Å². The van der Waals surface area contributed by atoms with Crippen molar-refractivity contribution in [1.82, 2.24) is 4.98 Å². The van der Waals surface area contributed by atoms with E-state index in [1.54, 1.807) is 46.0 Å². The first kappa shape index (κ1) is 31.8. The predicted molar refractivity (Wildman–Crippen MR) is 168 cm³/mol. The van der Waals surface area contributed by atoms with Gasteiger partial charge < -0.3 is 10.2 Å². The van der Waals surface area contributed by atoms with Crippen LogP contribution in [0.15, 0.2) is 83.9 Å². The Morgan fingerprint density at radius 1 is 0.810 bits per heavy atom. The Labute approximate surface area is 249 Å². The number of benzene rings is 3. The minimum Gasteiger partial charge on any atom is -0.387 e. The van der Waals surface area contributed by atoms with Crippen molar-refractivity contribution < 1.29 is 27.0 Å². The van der Waals surface area contributed by atoms with Gasteiger partial charge in [0, 0.05) is 35.6 Å². The minimum absolute atomic E-state index is 0.180. The molecule has 3 atom stereocenters. The average Bonchev–Trinajstić information content (AvgIpc) is 2.90. The highest BCUT2D eigenvalue weighted by Gasteiger charge is 2.45. The van der Waals surface area contributed by atoms with Crippen LogP contribution in [0, 0.1) is 0 Å². The molecule has 0 saturated heterocycles. The van der Waals surface area contributed by atoms with Crippen molar-refractivity contribution >= 4 is 30.6 Å². The van der Waals surface area contributed by atoms with Crippen molar-refractivity contribution in [2.45, 2.75) is 67.8 Å². The Kier molecular flexibility index (Phi) is 8.73. The van der Waals surface area contributed by atoms with Crippen LogP contribution < -0.4 is 0 Å². The fourth-order valence-electron chi connectivity index (χ4n) is 5.19. The molecular weight excluding hydrogens is 570 g/mol. The first-order chi connectivity index (χ1) is 19.4. The number of hydrogen-bond donors (Lipinski definition) is 2. The van der Waals surface area contributed by atoms with Gasteiger partial charge in [0.15, 0.2) is 9.84 Å². The summed E-state index contributed by atoms with van der Waals surface area (Å²) in [5.74, 6) is -0.571. The van der Waals surface area contributed by atoms with Gasteiger partial charge in [0.05, 0.1) is 26.9 Å². The zero-order valence-corrected chi connectivity index (χ0v) is 26.5. The van der Waals surface area contributed by atoms with E-state index >= 15 is 0 Å². The number of nitrogens with zero attached hydrogens (tertiary/aromatic N) is 1. The number of aromatic nitrogens is 1. The van der Waals surface area contributed by atoms with Crippen LogP contribution in [0.5, 0.6) is 0 Å². The van der Waals surface area contributed by atoms with Crippen molar-refractivity contribution in [3.05, 3.63) is 95.7 Å². The monoisotopic (exact) mass is 609 g/mol. The molecule has 1 heterocycles. The fraction of sp³-hybridized carbons (Fsp3) is 0.364. The minimum atomic E-state index is -3.39. The molecule has 42 heavy (non-hydrogen) atoms. The largest absolute Gasteiger partial charge is 0.387 e. The van der Waals surface area contributed by atoms with Crippen LogP contribution >= 0.6 is 0 Å². The summed E-state index contributed by atoms with van der Waals surface area (Å²) in [6.07, 6.45) is 4.85. The van der Waals surface area contributed by atoms with Crippen molar-refractivity contribution in [1.29, 1.82) is 0 Å². The number of sulfone groups is 2. The summed E-state index contributed by atoms with van der Waals surface area (Å²) in [6.45, 7) is 6.42. The Morgan fingerprint density at radius 2 is 1.48 bits per heavy atom. The molecule has 4 rings (SSSR count). The van der Waals surface area contributed by atoms with Gasteiger partial charge in [-0.25, -0.2) is 16.8 Å². The van der Waals surface area contributed by atoms with E-state index < -0.39 is 42.0 Å². The third-order valence-corrected chi connectivity index (χ3v) is 11.1. The highest BCUT2D eigenvalue weighted by molar-refractivity contribution is 7.91. The molecule has 0 saturated carbocycles. The van der Waals surface area contributed by atoms with E-state index in [0.717, 1.165) is 39.4 Å². The summed E-state index contributed by atoms with van der Waals surface area (Å²) in [5, 5.41) is 23.0. The van der Waals surface area contributed by atoms with Gasteiger partial charge in [0.1, 0.15) is 9.84 Å². The molecule has 0 aliphatic heterocycles. The summed E-state index contributed by atoms with van der Waals surface area (Å²) >= 11 is 0. The van der Waals surface area contributed by atoms with Gasteiger partial charge in [0.25, 0.3) is 0 Å². The molecule has 3 unspecified atom stereocenters. The molecule has 0 amide bonds. The number of pyridine rings is 1. The molecule has 1 aromatic heterocycles.